The first-order valence-corrected chi connectivity index (χ1v) is 8.20. The SMILES string of the molecule is COc1cc(C#N)ccc1OCC(=O)NC(c1ccc(F)cc1)C(C)C. The van der Waals surface area contributed by atoms with E-state index in [0.717, 1.165) is 5.56 Å². The molecule has 26 heavy (non-hydrogen) atoms. The molecule has 1 amide bonds. The zero-order valence-electron chi connectivity index (χ0n) is 15.0. The number of hydrogen-bond donors (Lipinski definition) is 1. The van der Waals surface area contributed by atoms with Crippen LogP contribution in [0.2, 0.25) is 0 Å². The Labute approximate surface area is 152 Å². The Kier molecular flexibility index (Phi) is 6.56. The standard InChI is InChI=1S/C20H21FN2O3/c1-13(2)20(15-5-7-16(21)8-6-15)23-19(24)12-26-17-9-4-14(11-22)10-18(17)25-3/h4-10,13,20H,12H2,1-3H3,(H,23,24). The van der Waals surface area contributed by atoms with E-state index in [-0.39, 0.29) is 30.3 Å². The van der Waals surface area contributed by atoms with Crippen LogP contribution in [0.3, 0.4) is 0 Å². The third-order valence-corrected chi connectivity index (χ3v) is 3.86. The van der Waals surface area contributed by atoms with Crippen molar-refractivity contribution in [3.8, 4) is 17.6 Å². The number of halogens is 1. The number of benzene rings is 2. The van der Waals surface area contributed by atoms with Crippen molar-refractivity contribution >= 4 is 5.91 Å². The highest BCUT2D eigenvalue weighted by molar-refractivity contribution is 5.78. The van der Waals surface area contributed by atoms with Crippen molar-refractivity contribution in [2.75, 3.05) is 13.7 Å². The van der Waals surface area contributed by atoms with Crippen LogP contribution in [-0.2, 0) is 4.79 Å². The Bertz CT molecular complexity index is 798. The molecule has 0 aliphatic rings. The van der Waals surface area contributed by atoms with Crippen molar-refractivity contribution in [1.82, 2.24) is 5.32 Å². The molecule has 1 N–H and O–H groups in total. The Morgan fingerprint density at radius 1 is 1.19 bits per heavy atom. The molecule has 136 valence electrons. The molecule has 0 fully saturated rings. The Morgan fingerprint density at radius 3 is 2.46 bits per heavy atom. The van der Waals surface area contributed by atoms with Crippen LogP contribution in [0, 0.1) is 23.1 Å². The van der Waals surface area contributed by atoms with Gasteiger partial charge in [-0.3, -0.25) is 4.79 Å². The van der Waals surface area contributed by atoms with E-state index < -0.39 is 0 Å². The number of amides is 1. The molecule has 0 aliphatic carbocycles. The van der Waals surface area contributed by atoms with Gasteiger partial charge in [-0.15, -0.1) is 0 Å². The molecule has 0 saturated carbocycles. The van der Waals surface area contributed by atoms with Crippen LogP contribution in [0.1, 0.15) is 31.0 Å². The summed E-state index contributed by atoms with van der Waals surface area (Å²) < 4.78 is 23.8. The predicted octanol–water partition coefficient (Wildman–Crippen LogP) is 3.60. The molecular weight excluding hydrogens is 335 g/mol. The molecule has 0 heterocycles. The first kappa shape index (κ1) is 19.3. The van der Waals surface area contributed by atoms with Crippen LogP contribution >= 0.6 is 0 Å². The largest absolute Gasteiger partial charge is 0.493 e. The molecule has 0 saturated heterocycles. The Balaban J connectivity index is 2.03. The predicted molar refractivity (Wildman–Crippen MR) is 95.3 cm³/mol. The third-order valence-electron chi connectivity index (χ3n) is 3.86. The van der Waals surface area contributed by atoms with Gasteiger partial charge in [-0.2, -0.15) is 5.26 Å². The number of rotatable bonds is 7. The van der Waals surface area contributed by atoms with Crippen LogP contribution < -0.4 is 14.8 Å². The molecule has 5 nitrogen and oxygen atoms in total. The van der Waals surface area contributed by atoms with E-state index in [1.165, 1.54) is 19.2 Å². The molecule has 0 radical (unpaired) electrons. The summed E-state index contributed by atoms with van der Waals surface area (Å²) in [6, 6.07) is 12.5. The molecule has 0 aliphatic heterocycles. The molecule has 0 spiro atoms. The molecule has 1 unspecified atom stereocenters. The van der Waals surface area contributed by atoms with Crippen molar-refractivity contribution in [1.29, 1.82) is 5.26 Å². The summed E-state index contributed by atoms with van der Waals surface area (Å²) in [5.41, 5.74) is 1.26. The van der Waals surface area contributed by atoms with Crippen molar-refractivity contribution in [2.45, 2.75) is 19.9 Å². The van der Waals surface area contributed by atoms with E-state index in [4.69, 9.17) is 14.7 Å². The minimum Gasteiger partial charge on any atom is -0.493 e. The number of hydrogen-bond acceptors (Lipinski definition) is 4. The minimum atomic E-state index is -0.321. The number of nitrogens with zero attached hydrogens (tertiary/aromatic N) is 1. The summed E-state index contributed by atoms with van der Waals surface area (Å²) >= 11 is 0. The first-order valence-electron chi connectivity index (χ1n) is 8.20. The molecule has 1 atom stereocenters. The second-order valence-electron chi connectivity index (χ2n) is 6.11. The van der Waals surface area contributed by atoms with Gasteiger partial charge in [0, 0.05) is 6.07 Å². The maximum atomic E-state index is 13.1. The smallest absolute Gasteiger partial charge is 0.258 e. The second-order valence-corrected chi connectivity index (χ2v) is 6.11. The van der Waals surface area contributed by atoms with Gasteiger partial charge < -0.3 is 14.8 Å². The monoisotopic (exact) mass is 356 g/mol. The fraction of sp³-hybridized carbons (Fsp3) is 0.300. The van der Waals surface area contributed by atoms with Crippen molar-refractivity contribution in [3.05, 3.63) is 59.4 Å². The lowest BCUT2D eigenvalue weighted by atomic mass is 9.96. The minimum absolute atomic E-state index is 0.119. The molecular formula is C20H21FN2O3. The number of nitrogens with one attached hydrogen (secondary N) is 1. The van der Waals surface area contributed by atoms with Gasteiger partial charge in [-0.05, 0) is 35.7 Å². The molecule has 2 aromatic rings. The van der Waals surface area contributed by atoms with E-state index in [0.29, 0.717) is 17.1 Å². The molecule has 0 bridgehead atoms. The lowest BCUT2D eigenvalue weighted by Crippen LogP contribution is -2.35. The fourth-order valence-electron chi connectivity index (χ4n) is 2.52. The van der Waals surface area contributed by atoms with E-state index in [2.05, 4.69) is 5.32 Å². The number of carbonyl (C=O) groups is 1. The second kappa shape index (κ2) is 8.86. The molecule has 6 heteroatoms. The number of ether oxygens (including phenoxy) is 2. The maximum absolute atomic E-state index is 13.1. The first-order chi connectivity index (χ1) is 12.4. The average molecular weight is 356 g/mol. The average Bonchev–Trinajstić information content (AvgIpc) is 2.64. The van der Waals surface area contributed by atoms with E-state index in [1.54, 1.807) is 30.3 Å². The third kappa shape index (κ3) is 4.96. The normalized spacial score (nSPS) is 11.5. The van der Waals surface area contributed by atoms with E-state index in [1.807, 2.05) is 19.9 Å². The van der Waals surface area contributed by atoms with Gasteiger partial charge in [0.25, 0.3) is 5.91 Å². The lowest BCUT2D eigenvalue weighted by molar-refractivity contribution is -0.124. The zero-order chi connectivity index (χ0) is 19.1. The summed E-state index contributed by atoms with van der Waals surface area (Å²) in [4.78, 5) is 12.3. The van der Waals surface area contributed by atoms with Gasteiger partial charge in [0.15, 0.2) is 18.1 Å². The van der Waals surface area contributed by atoms with Crippen molar-refractivity contribution < 1.29 is 18.7 Å². The summed E-state index contributed by atoms with van der Waals surface area (Å²) in [6.07, 6.45) is 0. The highest BCUT2D eigenvalue weighted by Crippen LogP contribution is 2.28. The van der Waals surface area contributed by atoms with Gasteiger partial charge in [0.2, 0.25) is 0 Å². The van der Waals surface area contributed by atoms with Crippen LogP contribution in [0.4, 0.5) is 4.39 Å². The number of carbonyl (C=O) groups excluding carboxylic acids is 1. The van der Waals surface area contributed by atoms with Gasteiger partial charge >= 0.3 is 0 Å². The lowest BCUT2D eigenvalue weighted by Gasteiger charge is -2.23. The van der Waals surface area contributed by atoms with Crippen LogP contribution in [-0.4, -0.2) is 19.6 Å². The van der Waals surface area contributed by atoms with E-state index >= 15 is 0 Å². The summed E-state index contributed by atoms with van der Waals surface area (Å²) in [5.74, 6) is 0.257. The summed E-state index contributed by atoms with van der Waals surface area (Å²) in [6.45, 7) is 3.74. The highest BCUT2D eigenvalue weighted by atomic mass is 19.1. The Hall–Kier alpha value is -3.07. The number of methoxy groups -OCH3 is 1. The zero-order valence-corrected chi connectivity index (χ0v) is 15.0. The fourth-order valence-corrected chi connectivity index (χ4v) is 2.52. The molecule has 2 aromatic carbocycles. The van der Waals surface area contributed by atoms with Crippen molar-refractivity contribution in [2.24, 2.45) is 5.92 Å². The number of nitriles is 1. The Morgan fingerprint density at radius 2 is 1.88 bits per heavy atom. The van der Waals surface area contributed by atoms with Gasteiger partial charge in [-0.25, -0.2) is 4.39 Å². The van der Waals surface area contributed by atoms with Crippen LogP contribution in [0.25, 0.3) is 0 Å². The van der Waals surface area contributed by atoms with Gasteiger partial charge in [0.05, 0.1) is 24.8 Å². The summed E-state index contributed by atoms with van der Waals surface area (Å²) in [7, 11) is 1.47. The highest BCUT2D eigenvalue weighted by Gasteiger charge is 2.19. The summed E-state index contributed by atoms with van der Waals surface area (Å²) in [5, 5.41) is 11.8. The molecule has 2 rings (SSSR count). The van der Waals surface area contributed by atoms with E-state index in [9.17, 15) is 9.18 Å². The van der Waals surface area contributed by atoms with Gasteiger partial charge in [-0.1, -0.05) is 26.0 Å². The molecule has 0 aromatic heterocycles. The topological polar surface area (TPSA) is 71.3 Å². The van der Waals surface area contributed by atoms with Crippen molar-refractivity contribution in [3.63, 3.8) is 0 Å². The maximum Gasteiger partial charge on any atom is 0.258 e. The van der Waals surface area contributed by atoms with Crippen LogP contribution in [0.5, 0.6) is 11.5 Å². The van der Waals surface area contributed by atoms with Crippen LogP contribution in [0.15, 0.2) is 42.5 Å². The van der Waals surface area contributed by atoms with Gasteiger partial charge in [0.1, 0.15) is 5.82 Å². The quantitative estimate of drug-likeness (QED) is 0.823.